The van der Waals surface area contributed by atoms with Crippen molar-refractivity contribution in [1.29, 1.82) is 0 Å². The number of aliphatic hydroxyl groups excluding tert-OH is 1. The van der Waals surface area contributed by atoms with Gasteiger partial charge in [0.05, 0.1) is 25.6 Å². The fraction of sp³-hybridized carbons (Fsp3) is 0.211. The van der Waals surface area contributed by atoms with Gasteiger partial charge in [0, 0.05) is 31.4 Å². The topological polar surface area (TPSA) is 140 Å². The zero-order chi connectivity index (χ0) is 21.1. The second-order valence-corrected chi connectivity index (χ2v) is 6.30. The molecule has 3 N–H and O–H groups in total. The van der Waals surface area contributed by atoms with E-state index in [1.165, 1.54) is 13.2 Å². The lowest BCUT2D eigenvalue weighted by Crippen LogP contribution is -2.15. The minimum Gasteiger partial charge on any atom is -0.480 e. The molecular formula is C19H19N7O4. The van der Waals surface area contributed by atoms with Gasteiger partial charge in [0.25, 0.3) is 11.9 Å². The number of rotatable bonds is 7. The quantitative estimate of drug-likeness (QED) is 0.416. The second-order valence-electron chi connectivity index (χ2n) is 6.30. The highest BCUT2D eigenvalue weighted by Gasteiger charge is 2.19. The third kappa shape index (κ3) is 3.91. The Morgan fingerprint density at radius 2 is 2.17 bits per heavy atom. The summed E-state index contributed by atoms with van der Waals surface area (Å²) in [5.41, 5.74) is 2.26. The number of carbonyl (C=O) groups excluding carboxylic acids is 1. The molecule has 0 fully saturated rings. The highest BCUT2D eigenvalue weighted by molar-refractivity contribution is 6.06. The molecule has 0 radical (unpaired) electrons. The van der Waals surface area contributed by atoms with Crippen LogP contribution >= 0.6 is 0 Å². The summed E-state index contributed by atoms with van der Waals surface area (Å²) in [6, 6.07) is 6.99. The van der Waals surface area contributed by atoms with Crippen LogP contribution in [-0.4, -0.2) is 56.0 Å². The molecule has 30 heavy (non-hydrogen) atoms. The van der Waals surface area contributed by atoms with Crippen LogP contribution in [0.25, 0.3) is 22.5 Å². The molecule has 4 aromatic heterocycles. The molecule has 154 valence electrons. The summed E-state index contributed by atoms with van der Waals surface area (Å²) in [4.78, 5) is 25.7. The minimum absolute atomic E-state index is 0.0752. The summed E-state index contributed by atoms with van der Waals surface area (Å²) in [7, 11) is 3.23. The molecule has 4 aromatic rings. The number of aryl methyl sites for hydroxylation is 1. The van der Waals surface area contributed by atoms with E-state index in [0.29, 0.717) is 17.1 Å². The number of nitrogens with one attached hydrogen (secondary N) is 2. The number of ether oxygens (including phenoxy) is 1. The number of anilines is 2. The van der Waals surface area contributed by atoms with Crippen molar-refractivity contribution in [3.05, 3.63) is 42.2 Å². The number of hydrogen-bond acceptors (Lipinski definition) is 9. The van der Waals surface area contributed by atoms with Gasteiger partial charge in [-0.25, -0.2) is 4.98 Å². The van der Waals surface area contributed by atoms with E-state index in [-0.39, 0.29) is 36.3 Å². The summed E-state index contributed by atoms with van der Waals surface area (Å²) in [6.07, 6.45) is 3.53. The molecule has 0 bridgehead atoms. The summed E-state index contributed by atoms with van der Waals surface area (Å²) in [5, 5.41) is 18.6. The van der Waals surface area contributed by atoms with E-state index in [1.54, 1.807) is 23.0 Å². The summed E-state index contributed by atoms with van der Waals surface area (Å²) in [6.45, 7) is 0.199. The summed E-state index contributed by atoms with van der Waals surface area (Å²) < 4.78 is 12.5. The van der Waals surface area contributed by atoms with Gasteiger partial charge in [-0.1, -0.05) is 6.07 Å². The third-order valence-corrected chi connectivity index (χ3v) is 4.17. The van der Waals surface area contributed by atoms with Gasteiger partial charge in [-0.05, 0) is 12.1 Å². The standard InChI is InChI=1S/C19H19N7O4/c1-26-10-11(9-21-26)13-4-3-5-15(22-13)23-17(28)12-8-14-16(24-18(12)29-2)25-19(30-14)20-6-7-27/h3-5,8-10,27H,6-7H2,1-2H3,(H,20,24,25)(H,22,23,28). The predicted octanol–water partition coefficient (Wildman–Crippen LogP) is 1.68. The van der Waals surface area contributed by atoms with Crippen LogP contribution < -0.4 is 15.4 Å². The number of hydrogen-bond donors (Lipinski definition) is 3. The minimum atomic E-state index is -0.460. The number of carbonyl (C=O) groups is 1. The number of nitrogens with zero attached hydrogens (tertiary/aromatic N) is 5. The van der Waals surface area contributed by atoms with Gasteiger partial charge < -0.3 is 24.9 Å². The maximum atomic E-state index is 12.9. The van der Waals surface area contributed by atoms with Crippen LogP contribution in [-0.2, 0) is 7.05 Å². The first-order chi connectivity index (χ1) is 14.6. The molecule has 4 heterocycles. The Morgan fingerprint density at radius 3 is 2.90 bits per heavy atom. The first-order valence-electron chi connectivity index (χ1n) is 9.05. The predicted molar refractivity (Wildman–Crippen MR) is 108 cm³/mol. The number of amides is 1. The Hall–Kier alpha value is -3.99. The largest absolute Gasteiger partial charge is 0.480 e. The van der Waals surface area contributed by atoms with Crippen molar-refractivity contribution in [2.75, 3.05) is 30.9 Å². The lowest BCUT2D eigenvalue weighted by atomic mass is 10.2. The number of fused-ring (bicyclic) bond motifs is 1. The molecule has 1 amide bonds. The van der Waals surface area contributed by atoms with Crippen molar-refractivity contribution in [2.45, 2.75) is 0 Å². The van der Waals surface area contributed by atoms with Crippen molar-refractivity contribution >= 4 is 29.0 Å². The number of methoxy groups -OCH3 is 1. The van der Waals surface area contributed by atoms with E-state index in [2.05, 4.69) is 30.7 Å². The Morgan fingerprint density at radius 1 is 1.30 bits per heavy atom. The fourth-order valence-electron chi connectivity index (χ4n) is 2.81. The van der Waals surface area contributed by atoms with E-state index >= 15 is 0 Å². The molecule has 11 nitrogen and oxygen atoms in total. The number of aromatic nitrogens is 5. The van der Waals surface area contributed by atoms with Gasteiger partial charge in [0.1, 0.15) is 11.4 Å². The maximum Gasteiger partial charge on any atom is 0.297 e. The lowest BCUT2D eigenvalue weighted by molar-refractivity contribution is 0.102. The Labute approximate surface area is 170 Å². The SMILES string of the molecule is COc1nc2nc(NCCO)oc2cc1C(=O)Nc1cccc(-c2cnn(C)c2)n1. The van der Waals surface area contributed by atoms with E-state index in [4.69, 9.17) is 14.3 Å². The molecule has 4 rings (SSSR count). The molecule has 0 atom stereocenters. The van der Waals surface area contributed by atoms with Gasteiger partial charge in [-0.15, -0.1) is 0 Å². The average Bonchev–Trinajstić information content (AvgIpc) is 3.36. The van der Waals surface area contributed by atoms with Gasteiger partial charge in [0.15, 0.2) is 5.58 Å². The highest BCUT2D eigenvalue weighted by atomic mass is 16.5. The van der Waals surface area contributed by atoms with Crippen LogP contribution in [0.2, 0.25) is 0 Å². The van der Waals surface area contributed by atoms with Crippen LogP contribution in [0, 0.1) is 0 Å². The molecular weight excluding hydrogens is 390 g/mol. The van der Waals surface area contributed by atoms with Crippen molar-refractivity contribution in [3.63, 3.8) is 0 Å². The van der Waals surface area contributed by atoms with Crippen molar-refractivity contribution in [3.8, 4) is 17.1 Å². The normalized spacial score (nSPS) is 10.9. The smallest absolute Gasteiger partial charge is 0.297 e. The average molecular weight is 409 g/mol. The van der Waals surface area contributed by atoms with Crippen molar-refractivity contribution in [1.82, 2.24) is 24.7 Å². The molecule has 0 aliphatic rings. The zero-order valence-corrected chi connectivity index (χ0v) is 16.3. The zero-order valence-electron chi connectivity index (χ0n) is 16.3. The number of oxazole rings is 1. The van der Waals surface area contributed by atoms with Crippen LogP contribution in [0.4, 0.5) is 11.8 Å². The van der Waals surface area contributed by atoms with Crippen LogP contribution in [0.1, 0.15) is 10.4 Å². The van der Waals surface area contributed by atoms with Gasteiger partial charge in [-0.3, -0.25) is 9.48 Å². The number of aliphatic hydroxyl groups is 1. The summed E-state index contributed by atoms with van der Waals surface area (Å²) in [5.74, 6) is 0.00940. The van der Waals surface area contributed by atoms with Crippen LogP contribution in [0.5, 0.6) is 5.88 Å². The molecule has 0 aromatic carbocycles. The molecule has 0 aliphatic carbocycles. The molecule has 0 spiro atoms. The molecule has 0 aliphatic heterocycles. The first-order valence-corrected chi connectivity index (χ1v) is 9.05. The Balaban J connectivity index is 1.61. The highest BCUT2D eigenvalue weighted by Crippen LogP contribution is 2.25. The molecule has 0 saturated heterocycles. The van der Waals surface area contributed by atoms with Crippen LogP contribution in [0.3, 0.4) is 0 Å². The maximum absolute atomic E-state index is 12.9. The third-order valence-electron chi connectivity index (χ3n) is 4.17. The summed E-state index contributed by atoms with van der Waals surface area (Å²) >= 11 is 0. The lowest BCUT2D eigenvalue weighted by Gasteiger charge is -2.08. The van der Waals surface area contributed by atoms with Gasteiger partial charge in [-0.2, -0.15) is 15.1 Å². The second kappa shape index (κ2) is 8.17. The molecule has 0 unspecified atom stereocenters. The Bertz CT molecular complexity index is 1200. The van der Waals surface area contributed by atoms with E-state index in [0.717, 1.165) is 5.56 Å². The van der Waals surface area contributed by atoms with Crippen molar-refractivity contribution < 1.29 is 19.1 Å². The van der Waals surface area contributed by atoms with Gasteiger partial charge >= 0.3 is 0 Å². The van der Waals surface area contributed by atoms with Gasteiger partial charge in [0.2, 0.25) is 11.5 Å². The number of pyridine rings is 2. The fourth-order valence-corrected chi connectivity index (χ4v) is 2.81. The first kappa shape index (κ1) is 19.3. The van der Waals surface area contributed by atoms with Crippen molar-refractivity contribution in [2.24, 2.45) is 7.05 Å². The van der Waals surface area contributed by atoms with E-state index in [9.17, 15) is 4.79 Å². The van der Waals surface area contributed by atoms with Crippen LogP contribution in [0.15, 0.2) is 41.1 Å². The van der Waals surface area contributed by atoms with E-state index in [1.807, 2.05) is 19.3 Å². The monoisotopic (exact) mass is 409 g/mol. The Kier molecular flexibility index (Phi) is 5.26. The molecule has 0 saturated carbocycles. The van der Waals surface area contributed by atoms with E-state index < -0.39 is 5.91 Å². The molecule has 11 heteroatoms.